The molecule has 3 nitrogen and oxygen atoms in total. The number of rotatable bonds is 2. The summed E-state index contributed by atoms with van der Waals surface area (Å²) in [5.41, 5.74) is 3.22. The summed E-state index contributed by atoms with van der Waals surface area (Å²) in [5, 5.41) is 4.83. The van der Waals surface area contributed by atoms with Gasteiger partial charge in [0.1, 0.15) is 5.00 Å². The van der Waals surface area contributed by atoms with E-state index in [1.807, 2.05) is 17.7 Å². The number of fused-ring (bicyclic) bond motifs is 3. The molecule has 0 spiro atoms. The molecule has 1 saturated heterocycles. The molecular weight excluding hydrogens is 278 g/mol. The minimum Gasteiger partial charge on any atom is -0.338 e. The van der Waals surface area contributed by atoms with Crippen LogP contribution in [-0.4, -0.2) is 18.9 Å². The Morgan fingerprint density at radius 1 is 1.29 bits per heavy atom. The number of nitrogens with one attached hydrogen (secondary N) is 2. The molecule has 4 rings (SSSR count). The van der Waals surface area contributed by atoms with Crippen LogP contribution in [0, 0.1) is 0 Å². The Labute approximate surface area is 131 Å². The Balaban J connectivity index is 1.72. The van der Waals surface area contributed by atoms with Crippen molar-refractivity contribution >= 4 is 22.7 Å². The third-order valence-electron chi connectivity index (χ3n) is 5.54. The maximum Gasteiger partial charge on any atom is 0.212 e. The fourth-order valence-corrected chi connectivity index (χ4v) is 5.73. The molecule has 3 heterocycles. The van der Waals surface area contributed by atoms with Gasteiger partial charge in [-0.2, -0.15) is 0 Å². The molecular formula is C17H26N3S+. The van der Waals surface area contributed by atoms with Crippen LogP contribution in [0.5, 0.6) is 0 Å². The summed E-state index contributed by atoms with van der Waals surface area (Å²) < 4.78 is 0. The smallest absolute Gasteiger partial charge is 0.212 e. The molecule has 0 aromatic carbocycles. The minimum absolute atomic E-state index is 0.365. The molecule has 21 heavy (non-hydrogen) atoms. The molecule has 2 N–H and O–H groups in total. The Morgan fingerprint density at radius 3 is 3.10 bits per heavy atom. The van der Waals surface area contributed by atoms with E-state index in [-0.39, 0.29) is 0 Å². The average Bonchev–Trinajstić information content (AvgIpc) is 2.93. The van der Waals surface area contributed by atoms with Crippen molar-refractivity contribution in [3.8, 4) is 0 Å². The zero-order valence-corrected chi connectivity index (χ0v) is 13.8. The summed E-state index contributed by atoms with van der Waals surface area (Å²) in [5.74, 6) is 0. The van der Waals surface area contributed by atoms with Crippen LogP contribution in [0.15, 0.2) is 4.99 Å². The molecule has 1 fully saturated rings. The number of nitrogens with zero attached hydrogens (tertiary/aromatic N) is 1. The van der Waals surface area contributed by atoms with Gasteiger partial charge in [-0.05, 0) is 56.9 Å². The predicted octanol–water partition coefficient (Wildman–Crippen LogP) is 2.93. The Hall–Kier alpha value is -0.870. The number of aliphatic imine (C=N–C) groups is 1. The molecule has 1 aromatic heterocycles. The van der Waals surface area contributed by atoms with Crippen LogP contribution in [0.25, 0.3) is 0 Å². The average molecular weight is 304 g/mol. The largest absolute Gasteiger partial charge is 0.338 e. The van der Waals surface area contributed by atoms with Crippen molar-refractivity contribution in [2.45, 2.75) is 70.5 Å². The van der Waals surface area contributed by atoms with E-state index >= 15 is 0 Å². The van der Waals surface area contributed by atoms with Gasteiger partial charge >= 0.3 is 0 Å². The number of quaternary nitrogens is 1. The van der Waals surface area contributed by atoms with Crippen molar-refractivity contribution in [1.29, 1.82) is 0 Å². The van der Waals surface area contributed by atoms with Gasteiger partial charge < -0.3 is 10.2 Å². The Kier molecular flexibility index (Phi) is 3.76. The van der Waals surface area contributed by atoms with Crippen LogP contribution in [0.3, 0.4) is 0 Å². The third kappa shape index (κ3) is 2.33. The Morgan fingerprint density at radius 2 is 2.19 bits per heavy atom. The number of piperidine rings is 1. The van der Waals surface area contributed by atoms with E-state index in [0.29, 0.717) is 6.17 Å². The van der Waals surface area contributed by atoms with Gasteiger partial charge in [0.15, 0.2) is 0 Å². The highest BCUT2D eigenvalue weighted by molar-refractivity contribution is 7.16. The summed E-state index contributed by atoms with van der Waals surface area (Å²) in [7, 11) is 0. The number of anilines is 1. The van der Waals surface area contributed by atoms with Gasteiger partial charge in [0.25, 0.3) is 0 Å². The highest BCUT2D eigenvalue weighted by atomic mass is 32.1. The molecule has 1 aliphatic carbocycles. The van der Waals surface area contributed by atoms with Crippen LogP contribution in [0.4, 0.5) is 5.00 Å². The number of hydrogen-bond acceptors (Lipinski definition) is 3. The van der Waals surface area contributed by atoms with E-state index in [9.17, 15) is 0 Å². The second-order valence-electron chi connectivity index (χ2n) is 6.70. The number of thiophene rings is 1. The number of hydrogen-bond donors (Lipinski definition) is 2. The van der Waals surface area contributed by atoms with Crippen molar-refractivity contribution in [1.82, 2.24) is 0 Å². The van der Waals surface area contributed by atoms with Crippen molar-refractivity contribution in [3.63, 3.8) is 0 Å². The van der Waals surface area contributed by atoms with Crippen LogP contribution in [0.1, 0.15) is 67.6 Å². The summed E-state index contributed by atoms with van der Waals surface area (Å²) >= 11 is 2.00. The molecule has 3 atom stereocenters. The SMILES string of the molecule is CC[C@@H]1CCCC[NH+]1[C@H]1N=CNc2sc3c(c21)CCCC3. The van der Waals surface area contributed by atoms with Gasteiger partial charge in [0, 0.05) is 4.88 Å². The summed E-state index contributed by atoms with van der Waals surface area (Å²) in [6, 6.07) is 0.797. The molecule has 0 bridgehead atoms. The van der Waals surface area contributed by atoms with Crippen LogP contribution < -0.4 is 10.2 Å². The lowest BCUT2D eigenvalue weighted by Gasteiger charge is -2.37. The van der Waals surface area contributed by atoms with Gasteiger partial charge in [-0.3, -0.25) is 0 Å². The van der Waals surface area contributed by atoms with Crippen LogP contribution in [0.2, 0.25) is 0 Å². The van der Waals surface area contributed by atoms with Gasteiger partial charge in [-0.25, -0.2) is 4.99 Å². The predicted molar refractivity (Wildman–Crippen MR) is 89.6 cm³/mol. The Bertz CT molecular complexity index is 548. The quantitative estimate of drug-likeness (QED) is 0.864. The summed E-state index contributed by atoms with van der Waals surface area (Å²) in [4.78, 5) is 8.27. The fraction of sp³-hybridized carbons (Fsp3) is 0.706. The highest BCUT2D eigenvalue weighted by Gasteiger charge is 2.38. The lowest BCUT2D eigenvalue weighted by molar-refractivity contribution is -0.960. The lowest BCUT2D eigenvalue weighted by Crippen LogP contribution is -3.16. The fourth-order valence-electron chi connectivity index (χ4n) is 4.45. The lowest BCUT2D eigenvalue weighted by atomic mass is 9.92. The number of likely N-dealkylation sites (tertiary alicyclic amines) is 1. The highest BCUT2D eigenvalue weighted by Crippen LogP contribution is 2.42. The first kappa shape index (κ1) is 13.8. The summed E-state index contributed by atoms with van der Waals surface area (Å²) in [6.07, 6.45) is 13.1. The molecule has 0 amide bonds. The normalized spacial score (nSPS) is 31.4. The molecule has 3 aliphatic rings. The molecule has 0 radical (unpaired) electrons. The maximum atomic E-state index is 4.91. The topological polar surface area (TPSA) is 28.8 Å². The summed E-state index contributed by atoms with van der Waals surface area (Å²) in [6.45, 7) is 3.65. The minimum atomic E-state index is 0.365. The first-order chi connectivity index (χ1) is 10.4. The zero-order valence-electron chi connectivity index (χ0n) is 13.0. The van der Waals surface area contributed by atoms with Crippen molar-refractivity contribution in [2.24, 2.45) is 4.99 Å². The first-order valence-electron chi connectivity index (χ1n) is 8.66. The third-order valence-corrected chi connectivity index (χ3v) is 6.78. The molecule has 4 heteroatoms. The second-order valence-corrected chi connectivity index (χ2v) is 7.81. The van der Waals surface area contributed by atoms with Crippen LogP contribution in [-0.2, 0) is 12.8 Å². The van der Waals surface area contributed by atoms with E-state index in [1.54, 1.807) is 20.9 Å². The maximum absolute atomic E-state index is 4.91. The van der Waals surface area contributed by atoms with Crippen molar-refractivity contribution in [2.75, 3.05) is 11.9 Å². The van der Waals surface area contributed by atoms with Gasteiger partial charge in [-0.15, -0.1) is 11.3 Å². The van der Waals surface area contributed by atoms with E-state index in [0.717, 1.165) is 6.04 Å². The van der Waals surface area contributed by atoms with Crippen molar-refractivity contribution < 1.29 is 4.90 Å². The van der Waals surface area contributed by atoms with Gasteiger partial charge in [0.2, 0.25) is 6.17 Å². The first-order valence-corrected chi connectivity index (χ1v) is 9.48. The number of aryl methyl sites for hydroxylation is 1. The monoisotopic (exact) mass is 304 g/mol. The standard InChI is InChI=1S/C17H25N3S/c1-2-12-7-5-6-10-20(12)16-15-13-8-3-4-9-14(13)21-17(15)19-11-18-16/h11-12,16H,2-10H2,1H3,(H,18,19)/p+1/t12-,16-/m1/s1. The van der Waals surface area contributed by atoms with Crippen molar-refractivity contribution in [3.05, 3.63) is 16.0 Å². The molecule has 114 valence electrons. The zero-order chi connectivity index (χ0) is 14.2. The van der Waals surface area contributed by atoms with Gasteiger partial charge in [0.05, 0.1) is 24.5 Å². The molecule has 2 aliphatic heterocycles. The van der Waals surface area contributed by atoms with E-state index in [4.69, 9.17) is 4.99 Å². The van der Waals surface area contributed by atoms with Gasteiger partial charge in [-0.1, -0.05) is 6.92 Å². The van der Waals surface area contributed by atoms with E-state index in [2.05, 4.69) is 12.2 Å². The van der Waals surface area contributed by atoms with Crippen LogP contribution >= 0.6 is 11.3 Å². The second kappa shape index (κ2) is 5.73. The van der Waals surface area contributed by atoms with E-state index in [1.165, 1.54) is 62.9 Å². The molecule has 0 saturated carbocycles. The molecule has 1 unspecified atom stereocenters. The molecule has 1 aromatic rings. The van der Waals surface area contributed by atoms with E-state index < -0.39 is 0 Å².